The molecule has 0 fully saturated rings. The molecule has 0 unspecified atom stereocenters. The van der Waals surface area contributed by atoms with Gasteiger partial charge in [-0.05, 0) is 54.8 Å². The first-order valence-electron chi connectivity index (χ1n) is 13.8. The summed E-state index contributed by atoms with van der Waals surface area (Å²) in [5.41, 5.74) is 6.55. The number of aromatic nitrogens is 6. The largest absolute Gasteiger partial charge is 0.380 e. The summed E-state index contributed by atoms with van der Waals surface area (Å²) < 4.78 is 1.65. The van der Waals surface area contributed by atoms with E-state index in [0.717, 1.165) is 11.1 Å². The third kappa shape index (κ3) is 5.26. The van der Waals surface area contributed by atoms with Crippen LogP contribution in [0, 0.1) is 6.92 Å². The van der Waals surface area contributed by atoms with E-state index in [-0.39, 0.29) is 11.6 Å². The van der Waals surface area contributed by atoms with E-state index in [0.29, 0.717) is 63.6 Å². The van der Waals surface area contributed by atoms with E-state index >= 15 is 0 Å². The van der Waals surface area contributed by atoms with E-state index in [1.807, 2.05) is 61.5 Å². The molecule has 0 saturated heterocycles. The molecule has 0 aliphatic rings. The first kappa shape index (κ1) is 27.5. The Labute approximate surface area is 245 Å². The summed E-state index contributed by atoms with van der Waals surface area (Å²) in [6.45, 7) is 4.22. The zero-order valence-electron chi connectivity index (χ0n) is 23.5. The van der Waals surface area contributed by atoms with Gasteiger partial charge in [-0.25, -0.2) is 25.4 Å². The normalized spacial score (nSPS) is 11.9. The lowest BCUT2D eigenvalue weighted by Gasteiger charge is -2.23. The third-order valence-corrected chi connectivity index (χ3v) is 7.31. The standard InChI is InChI=1S/C31H29N9O3/c1-3-22(37-28-26-27(34-16-33-26)35-17-36-28)29-38-24-11-7-10-23(25(24)31(42)40(29)20-8-5-4-6-9-20)32-15-19-12-13-21(18(2)14-19)30(41)39-43/h4-14,16-17,22,32,43H,3,15H2,1-2H3,(H,39,41)(H2,33,34,35,36,37)/t22-/m0/s1. The second kappa shape index (κ2) is 11.7. The molecule has 5 N–H and O–H groups in total. The minimum Gasteiger partial charge on any atom is -0.380 e. The fourth-order valence-corrected chi connectivity index (χ4v) is 5.19. The number of hydrogen-bond acceptors (Lipinski definition) is 9. The molecule has 43 heavy (non-hydrogen) atoms. The lowest BCUT2D eigenvalue weighted by Crippen LogP contribution is -2.28. The molecule has 0 saturated carbocycles. The number of rotatable bonds is 9. The average Bonchev–Trinajstić information content (AvgIpc) is 3.52. The lowest BCUT2D eigenvalue weighted by molar-refractivity contribution is 0.0705. The predicted octanol–water partition coefficient (Wildman–Crippen LogP) is 4.65. The zero-order chi connectivity index (χ0) is 29.9. The van der Waals surface area contributed by atoms with E-state index in [1.165, 1.54) is 6.33 Å². The van der Waals surface area contributed by atoms with Crippen LogP contribution in [0.4, 0.5) is 11.5 Å². The number of nitrogens with zero attached hydrogens (tertiary/aromatic N) is 5. The summed E-state index contributed by atoms with van der Waals surface area (Å²) >= 11 is 0. The van der Waals surface area contributed by atoms with Gasteiger partial charge in [0.05, 0.1) is 29.0 Å². The van der Waals surface area contributed by atoms with Crippen molar-refractivity contribution in [2.45, 2.75) is 32.9 Å². The number of aryl methyl sites for hydroxylation is 1. The van der Waals surface area contributed by atoms with E-state index < -0.39 is 5.91 Å². The number of carbonyl (C=O) groups is 1. The molecule has 0 spiro atoms. The Morgan fingerprint density at radius 2 is 1.88 bits per heavy atom. The quantitative estimate of drug-likeness (QED) is 0.122. The van der Waals surface area contributed by atoms with Crippen LogP contribution in [-0.2, 0) is 6.54 Å². The summed E-state index contributed by atoms with van der Waals surface area (Å²) in [4.78, 5) is 47.2. The smallest absolute Gasteiger partial charge is 0.274 e. The maximum Gasteiger partial charge on any atom is 0.274 e. The molecule has 216 valence electrons. The van der Waals surface area contributed by atoms with Crippen LogP contribution in [0.2, 0.25) is 0 Å². The van der Waals surface area contributed by atoms with Crippen molar-refractivity contribution < 1.29 is 10.0 Å². The highest BCUT2D eigenvalue weighted by Crippen LogP contribution is 2.28. The highest BCUT2D eigenvalue weighted by Gasteiger charge is 2.23. The van der Waals surface area contributed by atoms with Crippen molar-refractivity contribution in [3.8, 4) is 5.69 Å². The second-order valence-corrected chi connectivity index (χ2v) is 10.0. The summed E-state index contributed by atoms with van der Waals surface area (Å²) in [5, 5.41) is 16.3. The number of anilines is 2. The van der Waals surface area contributed by atoms with Gasteiger partial charge in [0.15, 0.2) is 11.5 Å². The van der Waals surface area contributed by atoms with E-state index in [2.05, 4.69) is 30.6 Å². The van der Waals surface area contributed by atoms with E-state index in [9.17, 15) is 9.59 Å². The highest BCUT2D eigenvalue weighted by atomic mass is 16.5. The summed E-state index contributed by atoms with van der Waals surface area (Å²) in [6, 6.07) is 19.9. The first-order valence-corrected chi connectivity index (χ1v) is 13.8. The van der Waals surface area contributed by atoms with Crippen molar-refractivity contribution in [2.24, 2.45) is 0 Å². The maximum atomic E-state index is 14.4. The zero-order valence-corrected chi connectivity index (χ0v) is 23.5. The molecule has 6 aromatic rings. The van der Waals surface area contributed by atoms with Gasteiger partial charge in [0.25, 0.3) is 11.5 Å². The minimum absolute atomic E-state index is 0.213. The van der Waals surface area contributed by atoms with Crippen LogP contribution in [-0.4, -0.2) is 40.6 Å². The number of hydrogen-bond donors (Lipinski definition) is 5. The molecule has 0 bridgehead atoms. The first-order chi connectivity index (χ1) is 21.0. The van der Waals surface area contributed by atoms with Gasteiger partial charge in [-0.3, -0.25) is 19.4 Å². The molecule has 0 radical (unpaired) electrons. The van der Waals surface area contributed by atoms with Crippen molar-refractivity contribution in [1.29, 1.82) is 0 Å². The van der Waals surface area contributed by atoms with Gasteiger partial charge in [0, 0.05) is 17.8 Å². The Morgan fingerprint density at radius 3 is 2.65 bits per heavy atom. The molecule has 12 nitrogen and oxygen atoms in total. The molecular weight excluding hydrogens is 546 g/mol. The summed E-state index contributed by atoms with van der Waals surface area (Å²) in [5.74, 6) is 0.544. The van der Waals surface area contributed by atoms with Crippen molar-refractivity contribution in [3.63, 3.8) is 0 Å². The Hall–Kier alpha value is -5.62. The molecule has 0 aliphatic heterocycles. The van der Waals surface area contributed by atoms with Gasteiger partial charge in [-0.2, -0.15) is 0 Å². The number of para-hydroxylation sites is 1. The molecule has 3 heterocycles. The maximum absolute atomic E-state index is 14.4. The number of fused-ring (bicyclic) bond motifs is 2. The topological polar surface area (TPSA) is 163 Å². The number of imidazole rings is 1. The van der Waals surface area contributed by atoms with Gasteiger partial charge in [0.1, 0.15) is 17.7 Å². The van der Waals surface area contributed by atoms with Crippen molar-refractivity contribution in [2.75, 3.05) is 10.6 Å². The average molecular weight is 576 g/mol. The van der Waals surface area contributed by atoms with Gasteiger partial charge < -0.3 is 15.6 Å². The van der Waals surface area contributed by atoms with Crippen LogP contribution in [0.15, 0.2) is 84.2 Å². The number of hydroxylamine groups is 1. The Morgan fingerprint density at radius 1 is 1.05 bits per heavy atom. The fraction of sp³-hybridized carbons (Fsp3) is 0.161. The van der Waals surface area contributed by atoms with E-state index in [1.54, 1.807) is 35.4 Å². The number of aromatic amines is 1. The van der Waals surface area contributed by atoms with Crippen LogP contribution in [0.5, 0.6) is 0 Å². The number of amides is 1. The molecular formula is C31H29N9O3. The van der Waals surface area contributed by atoms with Crippen molar-refractivity contribution in [3.05, 3.63) is 112 Å². The molecule has 1 atom stereocenters. The number of H-pyrrole nitrogens is 1. The number of carbonyl (C=O) groups excluding carboxylic acids is 1. The molecule has 1 amide bonds. The molecule has 3 aromatic carbocycles. The Balaban J connectivity index is 1.43. The SMILES string of the molecule is CC[C@H](Nc1ncnc2nc[nH]c12)c1nc2cccc(NCc3ccc(C(=O)NO)c(C)c3)c2c(=O)n1-c1ccccc1. The van der Waals surface area contributed by atoms with Crippen LogP contribution >= 0.6 is 0 Å². The van der Waals surface area contributed by atoms with Crippen LogP contribution in [0.3, 0.4) is 0 Å². The lowest BCUT2D eigenvalue weighted by atomic mass is 10.0. The summed E-state index contributed by atoms with van der Waals surface area (Å²) in [7, 11) is 0. The Bertz CT molecular complexity index is 2000. The highest BCUT2D eigenvalue weighted by molar-refractivity contribution is 5.95. The number of benzene rings is 3. The van der Waals surface area contributed by atoms with Crippen molar-refractivity contribution >= 4 is 39.5 Å². The molecule has 0 aliphatic carbocycles. The second-order valence-electron chi connectivity index (χ2n) is 10.0. The van der Waals surface area contributed by atoms with Crippen LogP contribution in [0.1, 0.15) is 46.7 Å². The molecule has 12 heteroatoms. The van der Waals surface area contributed by atoms with Gasteiger partial charge in [0.2, 0.25) is 0 Å². The van der Waals surface area contributed by atoms with Crippen molar-refractivity contribution in [1.82, 2.24) is 35.0 Å². The van der Waals surface area contributed by atoms with Crippen LogP contribution in [0.25, 0.3) is 27.8 Å². The van der Waals surface area contributed by atoms with Gasteiger partial charge in [-0.1, -0.05) is 43.3 Å². The molecule has 3 aromatic heterocycles. The summed E-state index contributed by atoms with van der Waals surface area (Å²) in [6.07, 6.45) is 3.63. The third-order valence-electron chi connectivity index (χ3n) is 7.31. The Kier molecular flexibility index (Phi) is 7.50. The fourth-order valence-electron chi connectivity index (χ4n) is 5.19. The van der Waals surface area contributed by atoms with E-state index in [4.69, 9.17) is 10.2 Å². The van der Waals surface area contributed by atoms with Gasteiger partial charge >= 0.3 is 0 Å². The predicted molar refractivity (Wildman–Crippen MR) is 163 cm³/mol. The number of nitrogens with one attached hydrogen (secondary N) is 4. The van der Waals surface area contributed by atoms with Crippen LogP contribution < -0.4 is 21.7 Å². The monoisotopic (exact) mass is 575 g/mol. The minimum atomic E-state index is -0.567. The van der Waals surface area contributed by atoms with Gasteiger partial charge in [-0.15, -0.1) is 0 Å². The molecule has 6 rings (SSSR count).